The van der Waals surface area contributed by atoms with Gasteiger partial charge in [-0.1, -0.05) is 107 Å². The van der Waals surface area contributed by atoms with Crippen LogP contribution >= 0.6 is 7.82 Å². The zero-order chi connectivity index (χ0) is 34.4. The summed E-state index contributed by atoms with van der Waals surface area (Å²) in [5.41, 5.74) is 0. The van der Waals surface area contributed by atoms with Crippen LogP contribution in [0.5, 0.6) is 0 Å². The number of carbonyl (C=O) groups is 1. The number of aliphatic hydroxyl groups excluding tert-OH is 1. The Bertz CT molecular complexity index is 939. The number of unbranched alkanes of at least 4 members (excludes halogenated alkanes) is 9. The van der Waals surface area contributed by atoms with Crippen molar-refractivity contribution in [2.24, 2.45) is 0 Å². The van der Waals surface area contributed by atoms with Crippen LogP contribution in [0.2, 0.25) is 0 Å². The normalized spacial score (nSPS) is 15.5. The van der Waals surface area contributed by atoms with Gasteiger partial charge in [-0.05, 0) is 64.2 Å². The number of aliphatic hydroxyl groups is 1. The van der Waals surface area contributed by atoms with E-state index in [0.29, 0.717) is 17.4 Å². The molecule has 8 nitrogen and oxygen atoms in total. The van der Waals surface area contributed by atoms with E-state index in [4.69, 9.17) is 9.05 Å². The van der Waals surface area contributed by atoms with Crippen molar-refractivity contribution in [3.05, 3.63) is 60.8 Å². The SMILES string of the molecule is CC/C=C\C/C=C\C/C=C\CCCCCCCC(=O)NC(COP(=O)(O)OCC[N+](C)(C)C)C(O)/C=C/CC/C=C/CCCCC. The third-order valence-corrected chi connectivity index (χ3v) is 8.21. The van der Waals surface area contributed by atoms with Crippen molar-refractivity contribution >= 4 is 13.7 Å². The lowest BCUT2D eigenvalue weighted by Gasteiger charge is -2.25. The highest BCUT2D eigenvalue weighted by Crippen LogP contribution is 2.43. The summed E-state index contributed by atoms with van der Waals surface area (Å²) >= 11 is 0. The summed E-state index contributed by atoms with van der Waals surface area (Å²) in [5.74, 6) is -0.212. The van der Waals surface area contributed by atoms with Gasteiger partial charge in [0.2, 0.25) is 5.91 Å². The number of nitrogens with one attached hydrogen (secondary N) is 1. The smallest absolute Gasteiger partial charge is 0.387 e. The summed E-state index contributed by atoms with van der Waals surface area (Å²) in [6.07, 6.45) is 35.8. The number of hydrogen-bond donors (Lipinski definition) is 3. The second kappa shape index (κ2) is 29.3. The molecule has 0 aliphatic rings. The van der Waals surface area contributed by atoms with Crippen LogP contribution in [-0.4, -0.2) is 73.4 Å². The molecule has 0 spiro atoms. The fourth-order valence-electron chi connectivity index (χ4n) is 4.36. The van der Waals surface area contributed by atoms with Crippen molar-refractivity contribution in [1.29, 1.82) is 0 Å². The van der Waals surface area contributed by atoms with Crippen LogP contribution in [0, 0.1) is 0 Å². The molecule has 0 saturated heterocycles. The summed E-state index contributed by atoms with van der Waals surface area (Å²) in [4.78, 5) is 22.9. The highest BCUT2D eigenvalue weighted by atomic mass is 31.2. The number of phosphoric acid groups is 1. The Kier molecular flexibility index (Phi) is 28.2. The van der Waals surface area contributed by atoms with Crippen LogP contribution < -0.4 is 5.32 Å². The van der Waals surface area contributed by atoms with E-state index < -0.39 is 20.0 Å². The topological polar surface area (TPSA) is 105 Å². The molecule has 0 bridgehead atoms. The van der Waals surface area contributed by atoms with Gasteiger partial charge in [-0.25, -0.2) is 4.57 Å². The van der Waals surface area contributed by atoms with E-state index >= 15 is 0 Å². The van der Waals surface area contributed by atoms with E-state index in [1.807, 2.05) is 27.2 Å². The first-order valence-corrected chi connectivity index (χ1v) is 19.2. The minimum absolute atomic E-state index is 0.0492. The van der Waals surface area contributed by atoms with E-state index in [-0.39, 0.29) is 19.1 Å². The molecular weight excluding hydrogens is 599 g/mol. The first kappa shape index (κ1) is 44.2. The van der Waals surface area contributed by atoms with Gasteiger partial charge in [0.05, 0.1) is 39.9 Å². The van der Waals surface area contributed by atoms with Crippen molar-refractivity contribution < 1.29 is 32.9 Å². The number of nitrogens with zero attached hydrogens (tertiary/aromatic N) is 1. The fraction of sp³-hybridized carbons (Fsp3) is 0.703. The number of phosphoric ester groups is 1. The van der Waals surface area contributed by atoms with Gasteiger partial charge in [0.1, 0.15) is 13.2 Å². The third-order valence-electron chi connectivity index (χ3n) is 7.22. The number of allylic oxidation sites excluding steroid dienone is 9. The highest BCUT2D eigenvalue weighted by molar-refractivity contribution is 7.47. The summed E-state index contributed by atoms with van der Waals surface area (Å²) in [6.45, 7) is 4.57. The number of hydrogen-bond acceptors (Lipinski definition) is 5. The maximum atomic E-state index is 12.7. The van der Waals surface area contributed by atoms with Gasteiger partial charge in [0.15, 0.2) is 0 Å². The molecule has 0 aromatic rings. The maximum absolute atomic E-state index is 12.7. The van der Waals surface area contributed by atoms with Gasteiger partial charge in [-0.15, -0.1) is 0 Å². The van der Waals surface area contributed by atoms with Crippen molar-refractivity contribution in [3.8, 4) is 0 Å². The van der Waals surface area contributed by atoms with Crippen molar-refractivity contribution in [2.75, 3.05) is 40.9 Å². The van der Waals surface area contributed by atoms with Crippen LogP contribution in [0.4, 0.5) is 0 Å². The molecule has 0 heterocycles. The molecule has 46 heavy (non-hydrogen) atoms. The molecular formula is C37H68N2O6P+. The van der Waals surface area contributed by atoms with Crippen molar-refractivity contribution in [1.82, 2.24) is 5.32 Å². The molecule has 0 rings (SSSR count). The second-order valence-electron chi connectivity index (χ2n) is 12.8. The first-order chi connectivity index (χ1) is 22.0. The highest BCUT2D eigenvalue weighted by Gasteiger charge is 2.27. The van der Waals surface area contributed by atoms with E-state index in [1.165, 1.54) is 19.3 Å². The zero-order valence-electron chi connectivity index (χ0n) is 29.8. The zero-order valence-corrected chi connectivity index (χ0v) is 30.7. The molecule has 9 heteroatoms. The lowest BCUT2D eigenvalue weighted by molar-refractivity contribution is -0.870. The Balaban J connectivity index is 4.61. The fourth-order valence-corrected chi connectivity index (χ4v) is 5.10. The predicted octanol–water partition coefficient (Wildman–Crippen LogP) is 8.73. The van der Waals surface area contributed by atoms with Gasteiger partial charge < -0.3 is 19.8 Å². The summed E-state index contributed by atoms with van der Waals surface area (Å²) in [7, 11) is 1.52. The molecule has 3 atom stereocenters. The molecule has 1 amide bonds. The molecule has 0 saturated carbocycles. The Morgan fingerprint density at radius 1 is 0.761 bits per heavy atom. The Labute approximate surface area is 281 Å². The lowest BCUT2D eigenvalue weighted by atomic mass is 10.1. The molecule has 0 fully saturated rings. The largest absolute Gasteiger partial charge is 0.472 e. The molecule has 0 aliphatic heterocycles. The molecule has 0 aromatic carbocycles. The molecule has 0 aliphatic carbocycles. The van der Waals surface area contributed by atoms with Gasteiger partial charge in [-0.3, -0.25) is 13.8 Å². The monoisotopic (exact) mass is 667 g/mol. The summed E-state index contributed by atoms with van der Waals surface area (Å²) in [5, 5.41) is 13.6. The van der Waals surface area contributed by atoms with Crippen LogP contribution in [0.3, 0.4) is 0 Å². The van der Waals surface area contributed by atoms with E-state index in [2.05, 4.69) is 67.8 Å². The van der Waals surface area contributed by atoms with E-state index in [9.17, 15) is 19.4 Å². The number of rotatable bonds is 30. The van der Waals surface area contributed by atoms with Crippen LogP contribution in [0.15, 0.2) is 60.8 Å². The Morgan fingerprint density at radius 3 is 2.00 bits per heavy atom. The molecule has 3 N–H and O–H groups in total. The lowest BCUT2D eigenvalue weighted by Crippen LogP contribution is -2.45. The average Bonchev–Trinajstić information content (AvgIpc) is 2.99. The number of carbonyl (C=O) groups excluding carboxylic acids is 1. The summed E-state index contributed by atoms with van der Waals surface area (Å²) in [6, 6.07) is -0.870. The third kappa shape index (κ3) is 30.8. The number of quaternary nitrogens is 1. The molecule has 0 radical (unpaired) electrons. The number of likely N-dealkylation sites (N-methyl/N-ethyl adjacent to an activating group) is 1. The average molecular weight is 668 g/mol. The molecule has 266 valence electrons. The van der Waals surface area contributed by atoms with Gasteiger partial charge >= 0.3 is 7.82 Å². The Morgan fingerprint density at radius 2 is 1.33 bits per heavy atom. The van der Waals surface area contributed by atoms with Crippen LogP contribution in [0.25, 0.3) is 0 Å². The van der Waals surface area contributed by atoms with Gasteiger partial charge in [-0.2, -0.15) is 0 Å². The van der Waals surface area contributed by atoms with Gasteiger partial charge in [0.25, 0.3) is 0 Å². The maximum Gasteiger partial charge on any atom is 0.472 e. The van der Waals surface area contributed by atoms with Gasteiger partial charge in [0, 0.05) is 6.42 Å². The number of amides is 1. The predicted molar refractivity (Wildman–Crippen MR) is 193 cm³/mol. The molecule has 0 aromatic heterocycles. The minimum atomic E-state index is -4.34. The van der Waals surface area contributed by atoms with E-state index in [1.54, 1.807) is 6.08 Å². The van der Waals surface area contributed by atoms with E-state index in [0.717, 1.165) is 77.0 Å². The van der Waals surface area contributed by atoms with Crippen molar-refractivity contribution in [3.63, 3.8) is 0 Å². The van der Waals surface area contributed by atoms with Crippen molar-refractivity contribution in [2.45, 2.75) is 129 Å². The Hall–Kier alpha value is -1.80. The quantitative estimate of drug-likeness (QED) is 0.0306. The summed E-state index contributed by atoms with van der Waals surface area (Å²) < 4.78 is 23.3. The first-order valence-electron chi connectivity index (χ1n) is 17.7. The second-order valence-corrected chi connectivity index (χ2v) is 14.3. The molecule has 3 unspecified atom stereocenters. The van der Waals surface area contributed by atoms with Crippen LogP contribution in [-0.2, 0) is 18.4 Å². The van der Waals surface area contributed by atoms with Crippen LogP contribution in [0.1, 0.15) is 117 Å². The standard InChI is InChI=1S/C37H67N2O6P/c1-6-8-10-12-14-16-17-18-19-20-21-23-25-27-29-31-37(41)38-35(34-45-46(42,43)44-33-32-39(3,4)5)36(40)30-28-26-24-22-15-13-11-9-7-2/h8,10,14-16,18-19,22,28,30,35-36,40H,6-7,9,11-13,17,20-21,23-27,29,31-34H2,1-5H3,(H-,38,41,42,43)/p+1/b10-8-,16-14-,19-18-,22-15+,30-28+. The minimum Gasteiger partial charge on any atom is -0.387 e.